The van der Waals surface area contributed by atoms with Crippen molar-refractivity contribution in [2.75, 3.05) is 18.9 Å². The molecule has 0 amide bonds. The molecule has 3 heterocycles. The van der Waals surface area contributed by atoms with E-state index in [1.54, 1.807) is 0 Å². The molecular weight excluding hydrogens is 430 g/mol. The zero-order valence-corrected chi connectivity index (χ0v) is 16.9. The third-order valence-electron chi connectivity index (χ3n) is 4.53. The lowest BCUT2D eigenvalue weighted by Gasteiger charge is -2.16. The smallest absolute Gasteiger partial charge is 0.320 e. The molecule has 0 radical (unpaired) electrons. The van der Waals surface area contributed by atoms with Crippen LogP contribution in [0.5, 0.6) is 0 Å². The summed E-state index contributed by atoms with van der Waals surface area (Å²) >= 11 is 0. The van der Waals surface area contributed by atoms with E-state index in [1.807, 2.05) is 0 Å². The number of imidazole rings is 1. The number of nitrogens with two attached hydrogens (primary N) is 4. The fraction of sp³-hybridized carbons (Fsp3) is 0.562. The van der Waals surface area contributed by atoms with Gasteiger partial charge in [0.1, 0.15) is 24.4 Å². The van der Waals surface area contributed by atoms with Crippen LogP contribution >= 0.6 is 0 Å². The third kappa shape index (κ3) is 5.89. The molecule has 13 N–H and O–H groups in total. The van der Waals surface area contributed by atoms with Crippen molar-refractivity contribution in [1.82, 2.24) is 19.5 Å². The average Bonchev–Trinajstić information content (AvgIpc) is 3.26. The van der Waals surface area contributed by atoms with Crippen molar-refractivity contribution in [2.24, 2.45) is 22.2 Å². The number of hydrogen-bond acceptors (Lipinski definition) is 11. The van der Waals surface area contributed by atoms with Gasteiger partial charge in [-0.2, -0.15) is 4.98 Å². The summed E-state index contributed by atoms with van der Waals surface area (Å²) < 4.78 is 6.64. The Morgan fingerprint density at radius 3 is 2.59 bits per heavy atom. The number of aliphatic hydroxyl groups is 3. The van der Waals surface area contributed by atoms with Crippen molar-refractivity contribution in [3.05, 3.63) is 16.7 Å². The van der Waals surface area contributed by atoms with Gasteiger partial charge < -0.3 is 48.1 Å². The van der Waals surface area contributed by atoms with Gasteiger partial charge in [-0.05, 0) is 12.8 Å². The predicted octanol–water partition coefficient (Wildman–Crippen LogP) is -4.23. The first-order valence-corrected chi connectivity index (χ1v) is 9.45. The molecule has 5 atom stereocenters. The maximum atomic E-state index is 11.7. The summed E-state index contributed by atoms with van der Waals surface area (Å²) in [6.07, 6.45) is -2.26. The molecule has 1 saturated heterocycles. The summed E-state index contributed by atoms with van der Waals surface area (Å²) in [6.45, 7) is -0.0270. The minimum atomic E-state index is -1.29. The van der Waals surface area contributed by atoms with Gasteiger partial charge in [0, 0.05) is 6.54 Å². The van der Waals surface area contributed by atoms with E-state index >= 15 is 0 Å². The molecule has 3 rings (SSSR count). The van der Waals surface area contributed by atoms with E-state index in [0.29, 0.717) is 19.4 Å². The maximum absolute atomic E-state index is 11.7. The molecular formula is C16H27N9O7. The van der Waals surface area contributed by atoms with Crippen LogP contribution in [0.3, 0.4) is 0 Å². The Labute approximate surface area is 180 Å². The highest BCUT2D eigenvalue weighted by molar-refractivity contribution is 5.75. The number of H-pyrrole nitrogens is 1. The van der Waals surface area contributed by atoms with Crippen LogP contribution in [0.4, 0.5) is 5.95 Å². The fourth-order valence-electron chi connectivity index (χ4n) is 2.88. The molecule has 16 heteroatoms. The van der Waals surface area contributed by atoms with E-state index in [0.717, 1.165) is 0 Å². The first kappa shape index (κ1) is 25.0. The number of carboxylic acid groups (broad SMARTS) is 1. The van der Waals surface area contributed by atoms with Gasteiger partial charge in [0.2, 0.25) is 5.95 Å². The first-order chi connectivity index (χ1) is 15.1. The molecule has 32 heavy (non-hydrogen) atoms. The van der Waals surface area contributed by atoms with E-state index in [9.17, 15) is 19.8 Å². The zero-order chi connectivity index (χ0) is 24.0. The monoisotopic (exact) mass is 457 g/mol. The van der Waals surface area contributed by atoms with Gasteiger partial charge in [-0.15, -0.1) is 0 Å². The Morgan fingerprint density at radius 2 is 2.03 bits per heavy atom. The summed E-state index contributed by atoms with van der Waals surface area (Å²) in [4.78, 5) is 35.7. The number of fused-ring (bicyclic) bond motifs is 1. The molecule has 0 bridgehead atoms. The number of anilines is 1. The summed E-state index contributed by atoms with van der Waals surface area (Å²) in [5.41, 5.74) is 20.4. The highest BCUT2D eigenvalue weighted by atomic mass is 16.6. The van der Waals surface area contributed by atoms with Gasteiger partial charge in [-0.3, -0.25) is 24.1 Å². The van der Waals surface area contributed by atoms with Gasteiger partial charge in [0.15, 0.2) is 23.4 Å². The molecule has 16 nitrogen and oxygen atoms in total. The van der Waals surface area contributed by atoms with Crippen LogP contribution in [0.2, 0.25) is 0 Å². The number of aliphatic hydroxyl groups excluding tert-OH is 3. The van der Waals surface area contributed by atoms with Gasteiger partial charge >= 0.3 is 5.97 Å². The second kappa shape index (κ2) is 10.8. The number of aliphatic imine (C=N–C) groups is 1. The minimum Gasteiger partial charge on any atom is -0.480 e. The fourth-order valence-corrected chi connectivity index (χ4v) is 2.88. The summed E-state index contributed by atoms with van der Waals surface area (Å²) in [7, 11) is 0. The standard InChI is InChI=1S/C10H13N5O5.C6H14N4O2/c11-10-13-7-4(8(19)14-10)12-2-15(7)9-6(18)5(17)3(1-16)20-9;7-4(5(11)12)2-1-3-10-6(8)9/h2-3,5-6,9,16-18H,1H2,(H3,11,13,14,19);4H,1-3,7H2,(H,11,12)(H4,8,9,10)/t3-,5-,6-,9-;/m1./s1. The van der Waals surface area contributed by atoms with Crippen molar-refractivity contribution in [3.8, 4) is 0 Å². The van der Waals surface area contributed by atoms with Crippen molar-refractivity contribution in [3.63, 3.8) is 0 Å². The van der Waals surface area contributed by atoms with Crippen LogP contribution in [0.15, 0.2) is 16.1 Å². The second-order valence-corrected chi connectivity index (χ2v) is 6.90. The molecule has 178 valence electrons. The zero-order valence-electron chi connectivity index (χ0n) is 16.9. The van der Waals surface area contributed by atoms with E-state index < -0.39 is 48.7 Å². The van der Waals surface area contributed by atoms with Crippen molar-refractivity contribution >= 4 is 29.0 Å². The number of guanidine groups is 1. The number of ether oxygens (including phenoxy) is 1. The minimum absolute atomic E-state index is 0.0129. The van der Waals surface area contributed by atoms with Gasteiger partial charge in [-0.1, -0.05) is 0 Å². The number of nitrogen functional groups attached to an aromatic ring is 1. The van der Waals surface area contributed by atoms with Crippen LogP contribution in [-0.2, 0) is 9.53 Å². The summed E-state index contributed by atoms with van der Waals surface area (Å²) in [6, 6.07) is -0.820. The molecule has 1 fully saturated rings. The van der Waals surface area contributed by atoms with Gasteiger partial charge in [-0.25, -0.2) is 4.98 Å². The number of carboxylic acids is 1. The molecule has 0 saturated carbocycles. The van der Waals surface area contributed by atoms with E-state index in [-0.39, 0.29) is 23.1 Å². The van der Waals surface area contributed by atoms with Gasteiger partial charge in [0.05, 0.1) is 12.9 Å². The Balaban J connectivity index is 0.000000262. The van der Waals surface area contributed by atoms with E-state index in [4.69, 9.17) is 37.9 Å². The van der Waals surface area contributed by atoms with E-state index in [2.05, 4.69) is 19.9 Å². The Bertz CT molecular complexity index is 1000. The number of aromatic nitrogens is 4. The number of rotatable bonds is 7. The molecule has 1 aliphatic rings. The maximum Gasteiger partial charge on any atom is 0.320 e. The number of hydrogen-bond donors (Lipinski definition) is 9. The third-order valence-corrected chi connectivity index (χ3v) is 4.53. The number of aromatic amines is 1. The summed E-state index contributed by atoms with van der Waals surface area (Å²) in [5.74, 6) is -1.09. The van der Waals surface area contributed by atoms with Crippen LogP contribution in [0, 0.1) is 0 Å². The molecule has 0 aromatic carbocycles. The Kier molecular flexibility index (Phi) is 8.44. The van der Waals surface area contributed by atoms with Crippen LogP contribution in [-0.4, -0.2) is 89.4 Å². The van der Waals surface area contributed by atoms with Crippen molar-refractivity contribution < 1.29 is 30.0 Å². The molecule has 0 spiro atoms. The van der Waals surface area contributed by atoms with E-state index in [1.165, 1.54) is 10.9 Å². The van der Waals surface area contributed by atoms with Crippen molar-refractivity contribution in [1.29, 1.82) is 0 Å². The number of nitrogens with zero attached hydrogens (tertiary/aromatic N) is 4. The van der Waals surface area contributed by atoms with Crippen LogP contribution in [0.25, 0.3) is 11.2 Å². The van der Waals surface area contributed by atoms with Crippen LogP contribution in [0.1, 0.15) is 19.1 Å². The number of nitrogens with one attached hydrogen (secondary N) is 1. The largest absolute Gasteiger partial charge is 0.480 e. The topological polar surface area (TPSA) is 287 Å². The molecule has 2 aromatic heterocycles. The molecule has 2 aromatic rings. The lowest BCUT2D eigenvalue weighted by Crippen LogP contribution is -2.33. The normalized spacial score (nSPS) is 23.4. The Hall–Kier alpha value is -3.31. The summed E-state index contributed by atoms with van der Waals surface area (Å²) in [5, 5.41) is 37.1. The number of aliphatic carboxylic acids is 1. The lowest BCUT2D eigenvalue weighted by molar-refractivity contribution is -0.138. The van der Waals surface area contributed by atoms with Gasteiger partial charge in [0.25, 0.3) is 5.56 Å². The quantitative estimate of drug-likeness (QED) is 0.108. The lowest BCUT2D eigenvalue weighted by atomic mass is 10.1. The van der Waals surface area contributed by atoms with Crippen LogP contribution < -0.4 is 28.5 Å². The highest BCUT2D eigenvalue weighted by Crippen LogP contribution is 2.30. The number of carbonyl (C=O) groups is 1. The molecule has 1 aliphatic heterocycles. The second-order valence-electron chi connectivity index (χ2n) is 6.90. The average molecular weight is 457 g/mol. The SMILES string of the molecule is NC(N)=NCCCC(N)C(=O)O.Nc1nc2c(ncn2[C@@H]2O[C@H](CO)[C@@H](O)[C@H]2O)c(=O)[nH]1. The Morgan fingerprint density at radius 1 is 1.34 bits per heavy atom. The molecule has 1 unspecified atom stereocenters. The van der Waals surface area contributed by atoms with Crippen molar-refractivity contribution in [2.45, 2.75) is 43.4 Å². The predicted molar refractivity (Wildman–Crippen MR) is 111 cm³/mol. The first-order valence-electron chi connectivity index (χ1n) is 9.45. The highest BCUT2D eigenvalue weighted by Gasteiger charge is 2.44. The molecule has 0 aliphatic carbocycles.